The van der Waals surface area contributed by atoms with Crippen molar-refractivity contribution in [3.63, 3.8) is 0 Å². The van der Waals surface area contributed by atoms with E-state index in [-0.39, 0.29) is 6.54 Å². The van der Waals surface area contributed by atoms with Crippen LogP contribution >= 0.6 is 0 Å². The Kier molecular flexibility index (Phi) is 3.57. The summed E-state index contributed by atoms with van der Waals surface area (Å²) >= 11 is 0. The van der Waals surface area contributed by atoms with E-state index in [1.165, 1.54) is 24.3 Å². The third-order valence-corrected chi connectivity index (χ3v) is 1.78. The van der Waals surface area contributed by atoms with Gasteiger partial charge in [-0.2, -0.15) is 10.4 Å². The first kappa shape index (κ1) is 10.9. The van der Waals surface area contributed by atoms with E-state index in [2.05, 4.69) is 14.9 Å². The molecule has 78 valence electrons. The zero-order valence-electron chi connectivity index (χ0n) is 8.47. The highest BCUT2D eigenvalue weighted by Gasteiger charge is 2.12. The quantitative estimate of drug-likeness (QED) is 0.645. The Hall–Kier alpha value is -2.16. The van der Waals surface area contributed by atoms with Crippen LogP contribution in [-0.2, 0) is 9.53 Å². The smallest absolute Gasteiger partial charge is 0.325 e. The molecule has 0 aromatic carbocycles. The first-order valence-corrected chi connectivity index (χ1v) is 4.18. The van der Waals surface area contributed by atoms with Crippen LogP contribution in [0.25, 0.3) is 0 Å². The lowest BCUT2D eigenvalue weighted by molar-refractivity contribution is -0.138. The molecule has 1 heterocycles. The number of anilines is 1. The van der Waals surface area contributed by atoms with E-state index >= 15 is 0 Å². The van der Waals surface area contributed by atoms with Crippen LogP contribution in [0, 0.1) is 11.3 Å². The number of methoxy groups -OCH3 is 1. The van der Waals surface area contributed by atoms with E-state index in [9.17, 15) is 4.79 Å². The average Bonchev–Trinajstić information content (AvgIpc) is 2.28. The van der Waals surface area contributed by atoms with Crippen molar-refractivity contribution in [2.75, 3.05) is 25.6 Å². The predicted octanol–water partition coefficient (Wildman–Crippen LogP) is -0.0425. The van der Waals surface area contributed by atoms with Gasteiger partial charge in [0.2, 0.25) is 0 Å². The van der Waals surface area contributed by atoms with Gasteiger partial charge in [-0.25, -0.2) is 0 Å². The first-order chi connectivity index (χ1) is 7.19. The second-order valence-corrected chi connectivity index (χ2v) is 2.81. The molecule has 0 saturated heterocycles. The van der Waals surface area contributed by atoms with Gasteiger partial charge in [0.15, 0.2) is 5.82 Å². The van der Waals surface area contributed by atoms with Crippen molar-refractivity contribution in [3.8, 4) is 6.07 Å². The summed E-state index contributed by atoms with van der Waals surface area (Å²) in [7, 11) is 2.94. The van der Waals surface area contributed by atoms with Crippen molar-refractivity contribution >= 4 is 11.8 Å². The van der Waals surface area contributed by atoms with Crippen molar-refractivity contribution in [2.24, 2.45) is 0 Å². The van der Waals surface area contributed by atoms with E-state index in [0.717, 1.165) is 0 Å². The van der Waals surface area contributed by atoms with Gasteiger partial charge in [0.05, 0.1) is 18.9 Å². The van der Waals surface area contributed by atoms with Crippen LogP contribution in [0.4, 0.5) is 5.82 Å². The van der Waals surface area contributed by atoms with E-state index < -0.39 is 5.97 Å². The molecule has 0 N–H and O–H groups in total. The van der Waals surface area contributed by atoms with Crippen LogP contribution in [0.15, 0.2) is 12.3 Å². The number of hydrogen-bond donors (Lipinski definition) is 0. The molecule has 0 aliphatic carbocycles. The highest BCUT2D eigenvalue weighted by molar-refractivity contribution is 5.75. The zero-order chi connectivity index (χ0) is 11.3. The van der Waals surface area contributed by atoms with Crippen molar-refractivity contribution in [3.05, 3.63) is 17.8 Å². The second-order valence-electron chi connectivity index (χ2n) is 2.81. The van der Waals surface area contributed by atoms with Crippen LogP contribution in [0.3, 0.4) is 0 Å². The Bertz CT molecular complexity index is 399. The topological polar surface area (TPSA) is 79.1 Å². The largest absolute Gasteiger partial charge is 0.468 e. The van der Waals surface area contributed by atoms with Crippen LogP contribution in [-0.4, -0.2) is 36.9 Å². The van der Waals surface area contributed by atoms with E-state index in [4.69, 9.17) is 5.26 Å². The van der Waals surface area contributed by atoms with E-state index in [1.807, 2.05) is 6.07 Å². The Morgan fingerprint density at radius 1 is 1.73 bits per heavy atom. The lowest BCUT2D eigenvalue weighted by atomic mass is 10.3. The molecule has 0 bridgehead atoms. The summed E-state index contributed by atoms with van der Waals surface area (Å²) in [5.74, 6) is -0.0301. The fourth-order valence-electron chi connectivity index (χ4n) is 1.03. The molecular weight excluding hydrogens is 196 g/mol. The third kappa shape index (κ3) is 2.64. The summed E-state index contributed by atoms with van der Waals surface area (Å²) in [4.78, 5) is 12.5. The van der Waals surface area contributed by atoms with Crippen LogP contribution < -0.4 is 4.90 Å². The van der Waals surface area contributed by atoms with Gasteiger partial charge in [-0.1, -0.05) is 0 Å². The van der Waals surface area contributed by atoms with E-state index in [1.54, 1.807) is 7.05 Å². The lowest BCUT2D eigenvalue weighted by Gasteiger charge is -2.16. The number of carbonyl (C=O) groups excluding carboxylic acids is 1. The molecule has 6 heteroatoms. The number of carbonyl (C=O) groups is 1. The SMILES string of the molecule is COC(=O)CN(C)c1nnccc1C#N. The fraction of sp³-hybridized carbons (Fsp3) is 0.333. The van der Waals surface area contributed by atoms with Crippen LogP contribution in [0.1, 0.15) is 5.56 Å². The number of aromatic nitrogens is 2. The van der Waals surface area contributed by atoms with Crippen molar-refractivity contribution < 1.29 is 9.53 Å². The average molecular weight is 206 g/mol. The Labute approximate surface area is 87.1 Å². The zero-order valence-corrected chi connectivity index (χ0v) is 8.47. The standard InChI is InChI=1S/C9H10N4O2/c1-13(6-8(14)15-2)9-7(5-10)3-4-11-12-9/h3-4H,6H2,1-2H3. The molecule has 15 heavy (non-hydrogen) atoms. The molecule has 0 fully saturated rings. The van der Waals surface area contributed by atoms with Gasteiger partial charge < -0.3 is 9.64 Å². The summed E-state index contributed by atoms with van der Waals surface area (Å²) in [5, 5.41) is 16.2. The Morgan fingerprint density at radius 2 is 2.47 bits per heavy atom. The molecule has 0 amide bonds. The van der Waals surface area contributed by atoms with Crippen LogP contribution in [0.2, 0.25) is 0 Å². The Morgan fingerprint density at radius 3 is 3.07 bits per heavy atom. The lowest BCUT2D eigenvalue weighted by Crippen LogP contribution is -2.28. The van der Waals surface area contributed by atoms with Gasteiger partial charge >= 0.3 is 5.97 Å². The second kappa shape index (κ2) is 4.91. The number of nitrogens with zero attached hydrogens (tertiary/aromatic N) is 4. The molecule has 1 aromatic heterocycles. The molecule has 0 aliphatic heterocycles. The number of ether oxygens (including phenoxy) is 1. The maximum atomic E-state index is 11.0. The Balaban J connectivity index is 2.87. The highest BCUT2D eigenvalue weighted by Crippen LogP contribution is 2.12. The van der Waals surface area contributed by atoms with Crippen molar-refractivity contribution in [1.29, 1.82) is 5.26 Å². The maximum absolute atomic E-state index is 11.0. The monoisotopic (exact) mass is 206 g/mol. The van der Waals surface area contributed by atoms with E-state index in [0.29, 0.717) is 11.4 Å². The first-order valence-electron chi connectivity index (χ1n) is 4.18. The number of hydrogen-bond acceptors (Lipinski definition) is 6. The molecule has 0 unspecified atom stereocenters. The summed E-state index contributed by atoms with van der Waals surface area (Å²) in [6, 6.07) is 3.51. The molecule has 0 saturated carbocycles. The normalized spacial score (nSPS) is 9.13. The maximum Gasteiger partial charge on any atom is 0.325 e. The van der Waals surface area contributed by atoms with Gasteiger partial charge in [-0.3, -0.25) is 4.79 Å². The summed E-state index contributed by atoms with van der Waals surface area (Å²) < 4.78 is 4.50. The van der Waals surface area contributed by atoms with Gasteiger partial charge in [0.25, 0.3) is 0 Å². The molecule has 1 rings (SSSR count). The molecule has 0 aliphatic rings. The fourth-order valence-corrected chi connectivity index (χ4v) is 1.03. The van der Waals surface area contributed by atoms with Crippen LogP contribution in [0.5, 0.6) is 0 Å². The molecule has 0 atom stereocenters. The minimum absolute atomic E-state index is 0.0316. The predicted molar refractivity (Wildman–Crippen MR) is 52.0 cm³/mol. The summed E-state index contributed by atoms with van der Waals surface area (Å²) in [5.41, 5.74) is 0.372. The van der Waals surface area contributed by atoms with Gasteiger partial charge in [0.1, 0.15) is 12.6 Å². The molecule has 1 aromatic rings. The van der Waals surface area contributed by atoms with Gasteiger partial charge in [0, 0.05) is 7.05 Å². The highest BCUT2D eigenvalue weighted by atomic mass is 16.5. The minimum atomic E-state index is -0.396. The summed E-state index contributed by atoms with van der Waals surface area (Å²) in [6.07, 6.45) is 1.42. The number of esters is 1. The molecular formula is C9H10N4O2. The van der Waals surface area contributed by atoms with Crippen molar-refractivity contribution in [2.45, 2.75) is 0 Å². The number of rotatable bonds is 3. The molecule has 0 spiro atoms. The number of nitriles is 1. The molecule has 0 radical (unpaired) electrons. The number of likely N-dealkylation sites (N-methyl/N-ethyl adjacent to an activating group) is 1. The van der Waals surface area contributed by atoms with Crippen molar-refractivity contribution in [1.82, 2.24) is 10.2 Å². The third-order valence-electron chi connectivity index (χ3n) is 1.78. The molecule has 6 nitrogen and oxygen atoms in total. The van der Waals surface area contributed by atoms with Gasteiger partial charge in [-0.15, -0.1) is 5.10 Å². The minimum Gasteiger partial charge on any atom is -0.468 e. The summed E-state index contributed by atoms with van der Waals surface area (Å²) in [6.45, 7) is 0.0316. The van der Waals surface area contributed by atoms with Gasteiger partial charge in [-0.05, 0) is 6.07 Å².